The van der Waals surface area contributed by atoms with Crippen molar-refractivity contribution in [3.8, 4) is 0 Å². The molecule has 4 heteroatoms. The van der Waals surface area contributed by atoms with Gasteiger partial charge in [0.15, 0.2) is 0 Å². The number of aliphatic hydroxyl groups is 2. The lowest BCUT2D eigenvalue weighted by atomic mass is 9.79. The molecule has 1 saturated carbocycles. The van der Waals surface area contributed by atoms with Gasteiger partial charge in [-0.1, -0.05) is 12.8 Å². The molecule has 3 unspecified atom stereocenters. The van der Waals surface area contributed by atoms with E-state index in [1.54, 1.807) is 4.90 Å². The average molecular weight is 227 g/mol. The average Bonchev–Trinajstić information content (AvgIpc) is 2.58. The Bertz CT molecular complexity index is 257. The van der Waals surface area contributed by atoms with Crippen molar-refractivity contribution in [3.05, 3.63) is 0 Å². The van der Waals surface area contributed by atoms with Crippen LogP contribution in [-0.4, -0.2) is 46.8 Å². The van der Waals surface area contributed by atoms with E-state index in [-0.39, 0.29) is 18.9 Å². The van der Waals surface area contributed by atoms with E-state index in [1.807, 2.05) is 0 Å². The van der Waals surface area contributed by atoms with Crippen LogP contribution in [0.5, 0.6) is 0 Å². The van der Waals surface area contributed by atoms with Gasteiger partial charge in [-0.3, -0.25) is 4.79 Å². The highest BCUT2D eigenvalue weighted by Crippen LogP contribution is 2.31. The number of aliphatic hydroxyl groups excluding tert-OH is 2. The molecule has 2 fully saturated rings. The lowest BCUT2D eigenvalue weighted by Gasteiger charge is -2.33. The monoisotopic (exact) mass is 227 g/mol. The molecule has 0 bridgehead atoms. The highest BCUT2D eigenvalue weighted by Gasteiger charge is 2.32. The van der Waals surface area contributed by atoms with E-state index >= 15 is 0 Å². The summed E-state index contributed by atoms with van der Waals surface area (Å²) in [5, 5.41) is 18.7. The number of hydrogen-bond acceptors (Lipinski definition) is 3. The van der Waals surface area contributed by atoms with Crippen molar-refractivity contribution >= 4 is 5.91 Å². The normalized spacial score (nSPS) is 35.8. The first-order chi connectivity index (χ1) is 7.70. The summed E-state index contributed by atoms with van der Waals surface area (Å²) < 4.78 is 0. The van der Waals surface area contributed by atoms with Crippen molar-refractivity contribution in [2.24, 2.45) is 11.8 Å². The maximum atomic E-state index is 11.6. The van der Waals surface area contributed by atoms with E-state index < -0.39 is 6.10 Å². The quantitative estimate of drug-likeness (QED) is 0.732. The molecule has 1 amide bonds. The predicted octanol–water partition coefficient (Wildman–Crippen LogP) is 0.378. The van der Waals surface area contributed by atoms with Crippen LogP contribution >= 0.6 is 0 Å². The molecule has 0 aromatic heterocycles. The van der Waals surface area contributed by atoms with E-state index in [9.17, 15) is 15.0 Å². The predicted molar refractivity (Wildman–Crippen MR) is 59.7 cm³/mol. The molecule has 0 spiro atoms. The second kappa shape index (κ2) is 5.15. The Labute approximate surface area is 96.3 Å². The van der Waals surface area contributed by atoms with Crippen molar-refractivity contribution in [2.75, 3.05) is 19.7 Å². The number of hydrogen-bond donors (Lipinski definition) is 2. The van der Waals surface area contributed by atoms with Gasteiger partial charge < -0.3 is 15.1 Å². The van der Waals surface area contributed by atoms with Crippen LogP contribution < -0.4 is 0 Å². The van der Waals surface area contributed by atoms with Crippen LogP contribution in [-0.2, 0) is 4.79 Å². The molecule has 92 valence electrons. The lowest BCUT2D eigenvalue weighted by molar-refractivity contribution is -0.128. The number of carbonyl (C=O) groups excluding carboxylic acids is 1. The summed E-state index contributed by atoms with van der Waals surface area (Å²) in [5.41, 5.74) is 0. The minimum absolute atomic E-state index is 0.0646. The zero-order chi connectivity index (χ0) is 11.5. The highest BCUT2D eigenvalue weighted by molar-refractivity contribution is 5.79. The van der Waals surface area contributed by atoms with E-state index in [4.69, 9.17) is 0 Å². The summed E-state index contributed by atoms with van der Waals surface area (Å²) in [6.07, 6.45) is 4.36. The number of amides is 1. The summed E-state index contributed by atoms with van der Waals surface area (Å²) in [6, 6.07) is 0. The fourth-order valence-electron chi connectivity index (χ4n) is 2.98. The molecule has 2 N–H and O–H groups in total. The summed E-state index contributed by atoms with van der Waals surface area (Å²) in [5.74, 6) is 0.835. The van der Waals surface area contributed by atoms with Crippen molar-refractivity contribution in [3.63, 3.8) is 0 Å². The first-order valence-corrected chi connectivity index (χ1v) is 6.27. The molecule has 2 aliphatic rings. The molecule has 16 heavy (non-hydrogen) atoms. The van der Waals surface area contributed by atoms with Crippen LogP contribution in [0.4, 0.5) is 0 Å². The van der Waals surface area contributed by atoms with Gasteiger partial charge in [0, 0.05) is 19.7 Å². The molecule has 1 heterocycles. The molecule has 3 atom stereocenters. The molecular weight excluding hydrogens is 206 g/mol. The smallest absolute Gasteiger partial charge is 0.225 e. The van der Waals surface area contributed by atoms with Gasteiger partial charge in [-0.05, 0) is 24.7 Å². The SMILES string of the molecule is O=C1CC(O)CN1CC1CCCCC1CO. The van der Waals surface area contributed by atoms with E-state index in [0.29, 0.717) is 18.4 Å². The van der Waals surface area contributed by atoms with Crippen LogP contribution in [0.3, 0.4) is 0 Å². The summed E-state index contributed by atoms with van der Waals surface area (Å²) >= 11 is 0. The van der Waals surface area contributed by atoms with Gasteiger partial charge >= 0.3 is 0 Å². The van der Waals surface area contributed by atoms with Crippen molar-refractivity contribution in [2.45, 2.75) is 38.2 Å². The molecule has 1 saturated heterocycles. The van der Waals surface area contributed by atoms with Crippen LogP contribution in [0.15, 0.2) is 0 Å². The van der Waals surface area contributed by atoms with E-state index in [2.05, 4.69) is 0 Å². The van der Waals surface area contributed by atoms with Crippen molar-refractivity contribution < 1.29 is 15.0 Å². The molecule has 0 radical (unpaired) electrons. The Hall–Kier alpha value is -0.610. The molecule has 1 aliphatic carbocycles. The van der Waals surface area contributed by atoms with Crippen LogP contribution in [0.1, 0.15) is 32.1 Å². The molecule has 0 aromatic rings. The Kier molecular flexibility index (Phi) is 3.82. The number of rotatable bonds is 3. The third-order valence-electron chi connectivity index (χ3n) is 3.95. The highest BCUT2D eigenvalue weighted by atomic mass is 16.3. The number of likely N-dealkylation sites (tertiary alicyclic amines) is 1. The van der Waals surface area contributed by atoms with Crippen molar-refractivity contribution in [1.29, 1.82) is 0 Å². The van der Waals surface area contributed by atoms with Gasteiger partial charge in [0.2, 0.25) is 5.91 Å². The first kappa shape index (κ1) is 11.9. The van der Waals surface area contributed by atoms with Gasteiger partial charge in [0.1, 0.15) is 0 Å². The third-order valence-corrected chi connectivity index (χ3v) is 3.95. The maximum absolute atomic E-state index is 11.6. The molecule has 0 aromatic carbocycles. The topological polar surface area (TPSA) is 60.8 Å². The number of β-amino-alcohol motifs (C(OH)–C–C–N with tert-alkyl or cyclic N) is 1. The second-order valence-electron chi connectivity index (χ2n) is 5.14. The fraction of sp³-hybridized carbons (Fsp3) is 0.917. The van der Waals surface area contributed by atoms with Gasteiger partial charge in [-0.15, -0.1) is 0 Å². The van der Waals surface area contributed by atoms with Crippen LogP contribution in [0.2, 0.25) is 0 Å². The molecular formula is C12H21NO3. The molecule has 2 rings (SSSR count). The van der Waals surface area contributed by atoms with Gasteiger partial charge in [0.05, 0.1) is 12.5 Å². The number of nitrogens with zero attached hydrogens (tertiary/aromatic N) is 1. The van der Waals surface area contributed by atoms with Crippen LogP contribution in [0, 0.1) is 11.8 Å². The Morgan fingerprint density at radius 2 is 1.94 bits per heavy atom. The summed E-state index contributed by atoms with van der Waals surface area (Å²) in [7, 11) is 0. The van der Waals surface area contributed by atoms with Crippen molar-refractivity contribution in [1.82, 2.24) is 4.90 Å². The largest absolute Gasteiger partial charge is 0.396 e. The Morgan fingerprint density at radius 3 is 2.50 bits per heavy atom. The first-order valence-electron chi connectivity index (χ1n) is 6.27. The maximum Gasteiger partial charge on any atom is 0.225 e. The summed E-state index contributed by atoms with van der Waals surface area (Å²) in [6.45, 7) is 1.43. The third kappa shape index (κ3) is 2.55. The lowest BCUT2D eigenvalue weighted by Crippen LogP contribution is -2.36. The number of carbonyl (C=O) groups is 1. The minimum Gasteiger partial charge on any atom is -0.396 e. The molecule has 4 nitrogen and oxygen atoms in total. The summed E-state index contributed by atoms with van der Waals surface area (Å²) in [4.78, 5) is 13.3. The van der Waals surface area contributed by atoms with E-state index in [0.717, 1.165) is 19.4 Å². The minimum atomic E-state index is -0.483. The Balaban J connectivity index is 1.90. The fourth-order valence-corrected chi connectivity index (χ4v) is 2.98. The van der Waals surface area contributed by atoms with Gasteiger partial charge in [-0.2, -0.15) is 0 Å². The zero-order valence-corrected chi connectivity index (χ0v) is 9.64. The van der Waals surface area contributed by atoms with Gasteiger partial charge in [-0.25, -0.2) is 0 Å². The Morgan fingerprint density at radius 1 is 1.25 bits per heavy atom. The van der Waals surface area contributed by atoms with Gasteiger partial charge in [0.25, 0.3) is 0 Å². The van der Waals surface area contributed by atoms with Crippen LogP contribution in [0.25, 0.3) is 0 Å². The van der Waals surface area contributed by atoms with E-state index in [1.165, 1.54) is 12.8 Å². The molecule has 1 aliphatic heterocycles. The standard InChI is InChI=1S/C12H21NO3/c14-8-10-4-2-1-3-9(10)6-13-7-11(15)5-12(13)16/h9-11,14-15H,1-8H2. The second-order valence-corrected chi connectivity index (χ2v) is 5.14. The zero-order valence-electron chi connectivity index (χ0n) is 9.64.